The molecule has 1 atom stereocenters. The first-order chi connectivity index (χ1) is 9.40. The highest BCUT2D eigenvalue weighted by atomic mass is 32.2. The van der Waals surface area contributed by atoms with Gasteiger partial charge in [-0.1, -0.05) is 6.92 Å². The van der Waals surface area contributed by atoms with Crippen LogP contribution in [0.15, 0.2) is 0 Å². The van der Waals surface area contributed by atoms with Crippen LogP contribution in [0.2, 0.25) is 0 Å². The molecule has 4 rings (SSSR count). The Kier molecular flexibility index (Phi) is 3.91. The van der Waals surface area contributed by atoms with Crippen LogP contribution in [0, 0.1) is 23.2 Å². The molecule has 116 valence electrons. The Balaban J connectivity index is 1.76. The lowest BCUT2D eigenvalue weighted by atomic mass is 9.47. The maximum Gasteiger partial charge on any atom is 0.147 e. The minimum absolute atomic E-state index is 0.340. The van der Waals surface area contributed by atoms with E-state index >= 15 is 0 Å². The summed E-state index contributed by atoms with van der Waals surface area (Å²) in [5.41, 5.74) is 0.412. The van der Waals surface area contributed by atoms with Crippen molar-refractivity contribution >= 4 is 9.84 Å². The van der Waals surface area contributed by atoms with Gasteiger partial charge in [-0.25, -0.2) is 8.42 Å². The monoisotopic (exact) mass is 299 g/mol. The van der Waals surface area contributed by atoms with Gasteiger partial charge in [-0.15, -0.1) is 0 Å². The predicted octanol–water partition coefficient (Wildman–Crippen LogP) is 2.62. The molecule has 0 radical (unpaired) electrons. The van der Waals surface area contributed by atoms with Gasteiger partial charge in [0, 0.05) is 12.3 Å². The van der Waals surface area contributed by atoms with E-state index in [0.29, 0.717) is 17.2 Å². The van der Waals surface area contributed by atoms with E-state index in [1.54, 1.807) is 0 Å². The fraction of sp³-hybridized carbons (Fsp3) is 1.00. The van der Waals surface area contributed by atoms with Crippen LogP contribution in [-0.2, 0) is 9.84 Å². The topological polar surface area (TPSA) is 46.2 Å². The molecule has 3 nitrogen and oxygen atoms in total. The van der Waals surface area contributed by atoms with Crippen molar-refractivity contribution in [3.05, 3.63) is 0 Å². The Morgan fingerprint density at radius 3 is 2.00 bits per heavy atom. The molecule has 4 heteroatoms. The van der Waals surface area contributed by atoms with Gasteiger partial charge in [0.2, 0.25) is 0 Å². The number of hydrogen-bond acceptors (Lipinski definition) is 3. The largest absolute Gasteiger partial charge is 0.314 e. The van der Waals surface area contributed by atoms with Gasteiger partial charge in [0.25, 0.3) is 0 Å². The summed E-state index contributed by atoms with van der Waals surface area (Å²) in [7, 11) is -2.85. The second kappa shape index (κ2) is 5.28. The van der Waals surface area contributed by atoms with Crippen molar-refractivity contribution in [3.63, 3.8) is 0 Å². The molecule has 4 saturated carbocycles. The lowest BCUT2D eigenvalue weighted by Gasteiger charge is -2.59. The summed E-state index contributed by atoms with van der Waals surface area (Å²) < 4.78 is 23.1. The van der Waals surface area contributed by atoms with Crippen molar-refractivity contribution in [1.82, 2.24) is 5.32 Å². The van der Waals surface area contributed by atoms with Crippen LogP contribution >= 0.6 is 0 Å². The molecular weight excluding hydrogens is 270 g/mol. The van der Waals surface area contributed by atoms with E-state index in [4.69, 9.17) is 0 Å². The third kappa shape index (κ3) is 2.92. The summed E-state index contributed by atoms with van der Waals surface area (Å²) in [5, 5.41) is 3.65. The van der Waals surface area contributed by atoms with Crippen molar-refractivity contribution in [2.24, 2.45) is 23.2 Å². The molecule has 0 aliphatic heterocycles. The molecule has 1 unspecified atom stereocenters. The molecule has 20 heavy (non-hydrogen) atoms. The van der Waals surface area contributed by atoms with Crippen molar-refractivity contribution in [2.45, 2.75) is 57.9 Å². The summed E-state index contributed by atoms with van der Waals surface area (Å²) in [6.45, 7) is 3.10. The van der Waals surface area contributed by atoms with Gasteiger partial charge in [0.1, 0.15) is 9.84 Å². The number of hydrogen-bond donors (Lipinski definition) is 1. The number of sulfone groups is 1. The molecule has 0 aromatic carbocycles. The van der Waals surface area contributed by atoms with Crippen LogP contribution < -0.4 is 5.32 Å². The van der Waals surface area contributed by atoms with Crippen LogP contribution in [0.1, 0.15) is 51.9 Å². The van der Waals surface area contributed by atoms with E-state index in [0.717, 1.165) is 30.7 Å². The zero-order valence-corrected chi connectivity index (χ0v) is 13.7. The van der Waals surface area contributed by atoms with Gasteiger partial charge >= 0.3 is 0 Å². The van der Waals surface area contributed by atoms with E-state index in [1.807, 2.05) is 0 Å². The smallest absolute Gasteiger partial charge is 0.147 e. The molecular formula is C16H29NO2S. The first-order valence-electron chi connectivity index (χ1n) is 8.31. The minimum Gasteiger partial charge on any atom is -0.314 e. The van der Waals surface area contributed by atoms with Crippen molar-refractivity contribution in [3.8, 4) is 0 Å². The van der Waals surface area contributed by atoms with Crippen molar-refractivity contribution in [2.75, 3.05) is 18.6 Å². The van der Waals surface area contributed by atoms with E-state index in [1.165, 1.54) is 44.8 Å². The number of rotatable bonds is 6. The van der Waals surface area contributed by atoms with Crippen LogP contribution in [0.3, 0.4) is 0 Å². The molecule has 4 aliphatic rings. The summed E-state index contributed by atoms with van der Waals surface area (Å²) in [6, 6.07) is 0.413. The van der Waals surface area contributed by atoms with Gasteiger partial charge in [-0.05, 0) is 74.7 Å². The zero-order valence-electron chi connectivity index (χ0n) is 12.9. The van der Waals surface area contributed by atoms with Crippen LogP contribution in [0.5, 0.6) is 0 Å². The van der Waals surface area contributed by atoms with Gasteiger partial charge in [0.15, 0.2) is 0 Å². The van der Waals surface area contributed by atoms with Crippen molar-refractivity contribution in [1.29, 1.82) is 0 Å². The standard InChI is InChI=1S/C16H29NO2S/c1-3-17-15(4-5-20(2,18)19)16-9-12-6-13(10-16)8-14(7-12)11-16/h12-15,17H,3-11H2,1-2H3. The van der Waals surface area contributed by atoms with Crippen LogP contribution in [0.25, 0.3) is 0 Å². The zero-order chi connectivity index (χ0) is 14.4. The van der Waals surface area contributed by atoms with E-state index in [-0.39, 0.29) is 0 Å². The maximum absolute atomic E-state index is 11.5. The summed E-state index contributed by atoms with van der Waals surface area (Å²) >= 11 is 0. The van der Waals surface area contributed by atoms with Crippen molar-refractivity contribution < 1.29 is 8.42 Å². The third-order valence-electron chi connectivity index (χ3n) is 6.05. The molecule has 4 bridgehead atoms. The van der Waals surface area contributed by atoms with Gasteiger partial charge in [0.05, 0.1) is 5.75 Å². The normalized spacial score (nSPS) is 41.0. The molecule has 1 N–H and O–H groups in total. The predicted molar refractivity (Wildman–Crippen MR) is 82.4 cm³/mol. The highest BCUT2D eigenvalue weighted by Crippen LogP contribution is 2.61. The Morgan fingerprint density at radius 1 is 1.10 bits per heavy atom. The molecule has 0 saturated heterocycles. The molecule has 4 aliphatic carbocycles. The minimum atomic E-state index is -2.85. The second-order valence-electron chi connectivity index (χ2n) is 7.81. The average molecular weight is 299 g/mol. The van der Waals surface area contributed by atoms with E-state index < -0.39 is 9.84 Å². The Labute approximate surface area is 123 Å². The summed E-state index contributed by atoms with van der Waals surface area (Å²) in [4.78, 5) is 0. The maximum atomic E-state index is 11.5. The SMILES string of the molecule is CCNC(CCS(C)(=O)=O)C12CC3CC(CC(C3)C1)C2. The fourth-order valence-corrected chi connectivity index (χ4v) is 6.47. The highest BCUT2D eigenvalue weighted by molar-refractivity contribution is 7.90. The molecule has 0 aromatic rings. The van der Waals surface area contributed by atoms with Crippen LogP contribution in [-0.4, -0.2) is 33.0 Å². The van der Waals surface area contributed by atoms with Gasteiger partial charge < -0.3 is 5.32 Å². The van der Waals surface area contributed by atoms with Crippen LogP contribution in [0.4, 0.5) is 0 Å². The van der Waals surface area contributed by atoms with E-state index in [2.05, 4.69) is 12.2 Å². The molecule has 0 aromatic heterocycles. The first-order valence-corrected chi connectivity index (χ1v) is 10.4. The lowest BCUT2D eigenvalue weighted by molar-refractivity contribution is -0.0739. The summed E-state index contributed by atoms with van der Waals surface area (Å²) in [6.07, 6.45) is 10.6. The van der Waals surface area contributed by atoms with Gasteiger partial charge in [-0.2, -0.15) is 0 Å². The lowest BCUT2D eigenvalue weighted by Crippen LogP contribution is -2.56. The third-order valence-corrected chi connectivity index (χ3v) is 7.03. The first kappa shape index (κ1) is 14.8. The Hall–Kier alpha value is -0.0900. The fourth-order valence-electron chi connectivity index (χ4n) is 5.81. The molecule has 4 fully saturated rings. The number of nitrogens with one attached hydrogen (secondary N) is 1. The van der Waals surface area contributed by atoms with E-state index in [9.17, 15) is 8.42 Å². The Morgan fingerprint density at radius 2 is 1.60 bits per heavy atom. The second-order valence-corrected chi connectivity index (χ2v) is 10.1. The van der Waals surface area contributed by atoms with Gasteiger partial charge in [-0.3, -0.25) is 0 Å². The quantitative estimate of drug-likeness (QED) is 0.820. The molecule has 0 spiro atoms. The molecule has 0 heterocycles. The highest BCUT2D eigenvalue weighted by Gasteiger charge is 2.53. The Bertz CT molecular complexity index is 422. The summed E-state index contributed by atoms with van der Waals surface area (Å²) in [5.74, 6) is 3.13. The molecule has 0 amide bonds. The average Bonchev–Trinajstić information content (AvgIpc) is 2.31.